The second-order valence-electron chi connectivity index (χ2n) is 6.05. The number of hydrogen-bond acceptors (Lipinski definition) is 3. The smallest absolute Gasteiger partial charge is 0.115 e. The van der Waals surface area contributed by atoms with Gasteiger partial charge in [0.25, 0.3) is 0 Å². The molecule has 5 aromatic rings. The van der Waals surface area contributed by atoms with Crippen LogP contribution in [0.5, 0.6) is 0 Å². The van der Waals surface area contributed by atoms with Gasteiger partial charge in [-0.05, 0) is 34.3 Å². The summed E-state index contributed by atoms with van der Waals surface area (Å²) in [5, 5.41) is 8.09. The molecule has 5 rings (SSSR count). The fourth-order valence-electron chi connectivity index (χ4n) is 3.55. The first-order valence-electron chi connectivity index (χ1n) is 8.12. The average molecular weight is 339 g/mol. The molecule has 0 fully saturated rings. The van der Waals surface area contributed by atoms with Crippen LogP contribution in [-0.2, 0) is 0 Å². The molecule has 0 saturated carbocycles. The molecule has 0 spiro atoms. The zero-order chi connectivity index (χ0) is 16.8. The van der Waals surface area contributed by atoms with Crippen molar-refractivity contribution < 1.29 is 0 Å². The van der Waals surface area contributed by atoms with Crippen molar-refractivity contribution in [2.75, 3.05) is 0 Å². The Balaban J connectivity index is 2.01. The maximum Gasteiger partial charge on any atom is 0.115 e. The summed E-state index contributed by atoms with van der Waals surface area (Å²) >= 11 is 1.82. The van der Waals surface area contributed by atoms with E-state index in [1.54, 1.807) is 6.07 Å². The predicted molar refractivity (Wildman–Crippen MR) is 108 cm³/mol. The predicted octanol–water partition coefficient (Wildman–Crippen LogP) is 7.27. The number of nitrogens with zero attached hydrogens (tertiary/aromatic N) is 1. The Kier molecular flexibility index (Phi) is 3.15. The molecule has 0 aliphatic heterocycles. The summed E-state index contributed by atoms with van der Waals surface area (Å²) in [6, 6.07) is 26.6. The van der Waals surface area contributed by atoms with E-state index in [1.807, 2.05) is 35.6 Å². The zero-order valence-electron chi connectivity index (χ0n) is 13.3. The zero-order valence-corrected chi connectivity index (χ0v) is 14.1. The number of fused-ring (bicyclic) bond motifs is 5. The molecule has 0 radical (unpaired) electrons. The minimum Gasteiger partial charge on any atom is -0.145 e. The van der Waals surface area contributed by atoms with Crippen molar-refractivity contribution in [1.29, 1.82) is 0 Å². The van der Waals surface area contributed by atoms with Gasteiger partial charge in [0.05, 0.1) is 0 Å². The van der Waals surface area contributed by atoms with Crippen molar-refractivity contribution in [2.24, 2.45) is 5.18 Å². The van der Waals surface area contributed by atoms with Crippen LogP contribution in [0.4, 0.5) is 5.69 Å². The summed E-state index contributed by atoms with van der Waals surface area (Å²) in [4.78, 5) is 11.3. The summed E-state index contributed by atoms with van der Waals surface area (Å²) < 4.78 is 2.57. The summed E-state index contributed by atoms with van der Waals surface area (Å²) in [6.45, 7) is 0. The second kappa shape index (κ2) is 5.50. The monoisotopic (exact) mass is 339 g/mol. The topological polar surface area (TPSA) is 29.4 Å². The molecule has 0 aliphatic carbocycles. The summed E-state index contributed by atoms with van der Waals surface area (Å²) in [6.07, 6.45) is 0. The molecule has 0 N–H and O–H groups in total. The van der Waals surface area contributed by atoms with Crippen LogP contribution in [0.2, 0.25) is 0 Å². The Morgan fingerprint density at radius 3 is 2.16 bits per heavy atom. The molecule has 0 amide bonds. The van der Waals surface area contributed by atoms with Crippen LogP contribution >= 0.6 is 11.3 Å². The van der Waals surface area contributed by atoms with E-state index in [9.17, 15) is 4.91 Å². The van der Waals surface area contributed by atoms with E-state index in [2.05, 4.69) is 53.7 Å². The van der Waals surface area contributed by atoms with E-state index in [1.165, 1.54) is 25.6 Å². The first-order chi connectivity index (χ1) is 12.4. The summed E-state index contributed by atoms with van der Waals surface area (Å²) in [5.74, 6) is 0. The maximum absolute atomic E-state index is 11.3. The number of rotatable bonds is 2. The number of hydrogen-bond donors (Lipinski definition) is 0. The van der Waals surface area contributed by atoms with Crippen LogP contribution in [0.15, 0.2) is 84.0 Å². The lowest BCUT2D eigenvalue weighted by Crippen LogP contribution is -1.83. The second-order valence-corrected chi connectivity index (χ2v) is 7.11. The van der Waals surface area contributed by atoms with Gasteiger partial charge in [-0.15, -0.1) is 16.2 Å². The fraction of sp³-hybridized carbons (Fsp3) is 0. The number of nitroso groups, excluding NO2 is 1. The largest absolute Gasteiger partial charge is 0.145 e. The van der Waals surface area contributed by atoms with E-state index in [0.29, 0.717) is 5.69 Å². The molecule has 0 aliphatic rings. The molecule has 1 aromatic heterocycles. The molecule has 0 atom stereocenters. The summed E-state index contributed by atoms with van der Waals surface area (Å²) in [5.41, 5.74) is 2.42. The molecule has 0 bridgehead atoms. The van der Waals surface area contributed by atoms with Gasteiger partial charge in [-0.25, -0.2) is 0 Å². The highest BCUT2D eigenvalue weighted by Gasteiger charge is 2.14. The quantitative estimate of drug-likeness (QED) is 0.311. The highest BCUT2D eigenvalue weighted by Crippen LogP contribution is 2.44. The Labute approximate surface area is 148 Å². The average Bonchev–Trinajstić information content (AvgIpc) is 3.06. The molecule has 0 unspecified atom stereocenters. The van der Waals surface area contributed by atoms with Crippen LogP contribution in [0.1, 0.15) is 0 Å². The van der Waals surface area contributed by atoms with Crippen molar-refractivity contribution in [1.82, 2.24) is 0 Å². The highest BCUT2D eigenvalue weighted by atomic mass is 32.1. The van der Waals surface area contributed by atoms with Crippen molar-refractivity contribution in [2.45, 2.75) is 0 Å². The Hall–Kier alpha value is -3.04. The molecule has 118 valence electrons. The van der Waals surface area contributed by atoms with Crippen LogP contribution in [-0.4, -0.2) is 0 Å². The third-order valence-corrected chi connectivity index (χ3v) is 5.90. The van der Waals surface area contributed by atoms with Gasteiger partial charge in [0.2, 0.25) is 0 Å². The lowest BCUT2D eigenvalue weighted by atomic mass is 9.94. The van der Waals surface area contributed by atoms with E-state index in [-0.39, 0.29) is 0 Å². The lowest BCUT2D eigenvalue weighted by molar-refractivity contribution is 1.49. The van der Waals surface area contributed by atoms with E-state index in [0.717, 1.165) is 16.5 Å². The number of thiophene rings is 1. The van der Waals surface area contributed by atoms with Crippen molar-refractivity contribution >= 4 is 48.0 Å². The molecule has 25 heavy (non-hydrogen) atoms. The van der Waals surface area contributed by atoms with Gasteiger partial charge in [-0.3, -0.25) is 0 Å². The maximum atomic E-state index is 11.3. The molecule has 3 heteroatoms. The van der Waals surface area contributed by atoms with Gasteiger partial charge in [0.1, 0.15) is 5.69 Å². The minimum atomic E-state index is 0.478. The van der Waals surface area contributed by atoms with Crippen molar-refractivity contribution in [3.63, 3.8) is 0 Å². The van der Waals surface area contributed by atoms with Crippen LogP contribution < -0.4 is 0 Å². The third kappa shape index (κ3) is 2.10. The van der Waals surface area contributed by atoms with E-state index >= 15 is 0 Å². The number of benzene rings is 4. The molecular weight excluding hydrogens is 326 g/mol. The van der Waals surface area contributed by atoms with Crippen LogP contribution in [0.25, 0.3) is 42.1 Å². The SMILES string of the molecule is O=Nc1ccccc1-c1cc2c3ccccc3sc2c2ccccc12. The molecule has 4 aromatic carbocycles. The van der Waals surface area contributed by atoms with Gasteiger partial charge >= 0.3 is 0 Å². The van der Waals surface area contributed by atoms with Crippen LogP contribution in [0.3, 0.4) is 0 Å². The Bertz CT molecular complexity index is 1270. The summed E-state index contributed by atoms with van der Waals surface area (Å²) in [7, 11) is 0. The Morgan fingerprint density at radius 2 is 1.32 bits per heavy atom. The fourth-order valence-corrected chi connectivity index (χ4v) is 4.77. The first-order valence-corrected chi connectivity index (χ1v) is 8.94. The van der Waals surface area contributed by atoms with E-state index < -0.39 is 0 Å². The molecular formula is C22H13NOS. The van der Waals surface area contributed by atoms with Crippen LogP contribution in [0, 0.1) is 4.91 Å². The third-order valence-electron chi connectivity index (χ3n) is 4.68. The molecule has 1 heterocycles. The minimum absolute atomic E-state index is 0.478. The first kappa shape index (κ1) is 14.3. The van der Waals surface area contributed by atoms with Crippen molar-refractivity contribution in [3.05, 3.63) is 83.8 Å². The van der Waals surface area contributed by atoms with Gasteiger partial charge in [-0.1, -0.05) is 60.7 Å². The molecule has 2 nitrogen and oxygen atoms in total. The van der Waals surface area contributed by atoms with E-state index in [4.69, 9.17) is 0 Å². The van der Waals surface area contributed by atoms with Gasteiger partial charge in [-0.2, -0.15) is 0 Å². The normalized spacial score (nSPS) is 11.4. The Morgan fingerprint density at radius 1 is 0.640 bits per heavy atom. The van der Waals surface area contributed by atoms with Gasteiger partial charge in [0, 0.05) is 31.1 Å². The standard InChI is InChI=1S/C22H13NOS/c24-23-20-11-5-3-8-15(20)18-13-19-16-9-4-6-12-21(16)25-22(19)17-10-2-1-7-14(17)18/h1-13H. The molecule has 0 saturated heterocycles. The van der Waals surface area contributed by atoms with Crippen molar-refractivity contribution in [3.8, 4) is 11.1 Å². The lowest BCUT2D eigenvalue weighted by Gasteiger charge is -2.10. The highest BCUT2D eigenvalue weighted by molar-refractivity contribution is 7.26. The van der Waals surface area contributed by atoms with Gasteiger partial charge in [0.15, 0.2) is 0 Å². The van der Waals surface area contributed by atoms with Gasteiger partial charge < -0.3 is 0 Å².